The van der Waals surface area contributed by atoms with Crippen LogP contribution in [0.1, 0.15) is 38.7 Å². The quantitative estimate of drug-likeness (QED) is 0.702. The molecule has 10 heteroatoms. The van der Waals surface area contributed by atoms with Crippen LogP contribution in [0.2, 0.25) is 0 Å². The molecule has 2 rings (SSSR count). The lowest BCUT2D eigenvalue weighted by atomic mass is 10.1. The lowest BCUT2D eigenvalue weighted by Crippen LogP contribution is -2.33. The number of alkyl halides is 3. The van der Waals surface area contributed by atoms with Crippen LogP contribution in [-0.4, -0.2) is 40.0 Å². The smallest absolute Gasteiger partial charge is 0.342 e. The Morgan fingerprint density at radius 3 is 2.36 bits per heavy atom. The number of nitrogens with one attached hydrogen (secondary N) is 1. The number of benzene rings is 1. The number of rotatable bonds is 8. The van der Waals surface area contributed by atoms with Crippen LogP contribution >= 0.6 is 11.3 Å². The maximum atomic E-state index is 12.6. The fraction of sp³-hybridized carbons (Fsp3) is 0.444. The topological polar surface area (TPSA) is 75.2 Å². The monoisotopic (exact) mass is 414 g/mol. The largest absolute Gasteiger partial charge is 0.416 e. The standard InChI is InChI=1S/C18H21F3N4O2S/c1-3-10-25(15(27)4-2)11-9-14(26)22-17-24-23-16(28-17)12-5-7-13(8-6-12)18(19,20)21/h5-8H,3-4,9-11H2,1-2H3,(H,22,24,26). The predicted octanol–water partition coefficient (Wildman–Crippen LogP) is 4.20. The van der Waals surface area contributed by atoms with E-state index in [1.165, 1.54) is 12.1 Å². The molecule has 0 unspecified atom stereocenters. The second kappa shape index (κ2) is 9.63. The Labute approximate surface area is 164 Å². The number of carbonyl (C=O) groups is 2. The highest BCUT2D eigenvalue weighted by molar-refractivity contribution is 7.18. The molecule has 0 aliphatic heterocycles. The van der Waals surface area contributed by atoms with E-state index in [1.54, 1.807) is 11.8 Å². The molecule has 0 radical (unpaired) electrons. The van der Waals surface area contributed by atoms with Crippen LogP contribution in [0.4, 0.5) is 18.3 Å². The zero-order chi connectivity index (χ0) is 20.7. The molecule has 0 aliphatic carbocycles. The fourth-order valence-electron chi connectivity index (χ4n) is 2.47. The number of anilines is 1. The number of carbonyl (C=O) groups excluding carboxylic acids is 2. The van der Waals surface area contributed by atoms with Gasteiger partial charge in [0.05, 0.1) is 5.56 Å². The molecule has 0 aliphatic rings. The molecule has 1 heterocycles. The minimum absolute atomic E-state index is 0.00449. The summed E-state index contributed by atoms with van der Waals surface area (Å²) in [4.78, 5) is 25.6. The van der Waals surface area contributed by atoms with Crippen LogP contribution in [0, 0.1) is 0 Å². The molecule has 0 fully saturated rings. The van der Waals surface area contributed by atoms with E-state index in [0.29, 0.717) is 30.1 Å². The molecule has 0 bridgehead atoms. The van der Waals surface area contributed by atoms with Crippen LogP contribution in [-0.2, 0) is 15.8 Å². The molecule has 6 nitrogen and oxygen atoms in total. The molecule has 28 heavy (non-hydrogen) atoms. The summed E-state index contributed by atoms with van der Waals surface area (Å²) in [6, 6.07) is 4.58. The molecular formula is C18H21F3N4O2S. The van der Waals surface area contributed by atoms with Crippen molar-refractivity contribution < 1.29 is 22.8 Å². The summed E-state index contributed by atoms with van der Waals surface area (Å²) in [7, 11) is 0. The Bertz CT molecular complexity index is 806. The average Bonchev–Trinajstić information content (AvgIpc) is 3.12. The Morgan fingerprint density at radius 2 is 1.79 bits per heavy atom. The minimum Gasteiger partial charge on any atom is -0.342 e. The first kappa shape index (κ1) is 21.8. The van der Waals surface area contributed by atoms with E-state index < -0.39 is 11.7 Å². The summed E-state index contributed by atoms with van der Waals surface area (Å²) in [5.74, 6) is -0.310. The average molecular weight is 414 g/mol. The SMILES string of the molecule is CCCN(CCC(=O)Nc1nnc(-c2ccc(C(F)(F)F)cc2)s1)C(=O)CC. The van der Waals surface area contributed by atoms with Crippen molar-refractivity contribution in [2.75, 3.05) is 18.4 Å². The number of hydrogen-bond donors (Lipinski definition) is 1. The summed E-state index contributed by atoms with van der Waals surface area (Å²) in [6.07, 6.45) is -3.08. The van der Waals surface area contributed by atoms with E-state index in [-0.39, 0.29) is 23.4 Å². The van der Waals surface area contributed by atoms with Gasteiger partial charge in [0.25, 0.3) is 0 Å². The van der Waals surface area contributed by atoms with Crippen molar-refractivity contribution in [1.82, 2.24) is 15.1 Å². The lowest BCUT2D eigenvalue weighted by molar-refractivity contribution is -0.137. The van der Waals surface area contributed by atoms with Crippen molar-refractivity contribution in [3.05, 3.63) is 29.8 Å². The van der Waals surface area contributed by atoms with Gasteiger partial charge in [-0.25, -0.2) is 0 Å². The molecule has 2 aromatic rings. The van der Waals surface area contributed by atoms with Gasteiger partial charge in [-0.2, -0.15) is 13.2 Å². The van der Waals surface area contributed by atoms with Crippen molar-refractivity contribution in [3.63, 3.8) is 0 Å². The van der Waals surface area contributed by atoms with Gasteiger partial charge in [-0.15, -0.1) is 10.2 Å². The van der Waals surface area contributed by atoms with Crippen LogP contribution in [0.5, 0.6) is 0 Å². The van der Waals surface area contributed by atoms with E-state index >= 15 is 0 Å². The maximum Gasteiger partial charge on any atom is 0.416 e. The summed E-state index contributed by atoms with van der Waals surface area (Å²) in [5.41, 5.74) is -0.263. The van der Waals surface area contributed by atoms with Crippen LogP contribution in [0.15, 0.2) is 24.3 Å². The molecule has 0 atom stereocenters. The third kappa shape index (κ3) is 6.01. The molecule has 1 N–H and O–H groups in total. The Morgan fingerprint density at radius 1 is 1.11 bits per heavy atom. The van der Waals surface area contributed by atoms with Gasteiger partial charge in [-0.1, -0.05) is 37.3 Å². The number of halogens is 3. The highest BCUT2D eigenvalue weighted by atomic mass is 32.1. The summed E-state index contributed by atoms with van der Waals surface area (Å²) in [5, 5.41) is 11.0. The first-order chi connectivity index (χ1) is 13.2. The Kier molecular flexibility index (Phi) is 7.50. The van der Waals surface area contributed by atoms with E-state index in [2.05, 4.69) is 15.5 Å². The van der Waals surface area contributed by atoms with Crippen molar-refractivity contribution in [1.29, 1.82) is 0 Å². The van der Waals surface area contributed by atoms with Gasteiger partial charge < -0.3 is 10.2 Å². The number of hydrogen-bond acceptors (Lipinski definition) is 5. The molecule has 1 aromatic carbocycles. The minimum atomic E-state index is -4.40. The van der Waals surface area contributed by atoms with E-state index in [0.717, 1.165) is 29.9 Å². The second-order valence-electron chi connectivity index (χ2n) is 6.02. The van der Waals surface area contributed by atoms with Gasteiger partial charge in [-0.3, -0.25) is 9.59 Å². The third-order valence-corrected chi connectivity index (χ3v) is 4.78. The van der Waals surface area contributed by atoms with Crippen molar-refractivity contribution in [2.45, 2.75) is 39.3 Å². The van der Waals surface area contributed by atoms with Crippen LogP contribution < -0.4 is 5.32 Å². The summed E-state index contributed by atoms with van der Waals surface area (Å²) < 4.78 is 37.9. The van der Waals surface area contributed by atoms with E-state index in [1.807, 2.05) is 6.92 Å². The van der Waals surface area contributed by atoms with Gasteiger partial charge in [0.1, 0.15) is 5.01 Å². The highest BCUT2D eigenvalue weighted by Crippen LogP contribution is 2.32. The predicted molar refractivity (Wildman–Crippen MR) is 101 cm³/mol. The Balaban J connectivity index is 1.95. The number of aromatic nitrogens is 2. The number of amides is 2. The lowest BCUT2D eigenvalue weighted by Gasteiger charge is -2.21. The number of nitrogens with zero attached hydrogens (tertiary/aromatic N) is 3. The van der Waals surface area contributed by atoms with Gasteiger partial charge in [0, 0.05) is 31.5 Å². The van der Waals surface area contributed by atoms with Crippen molar-refractivity contribution in [2.24, 2.45) is 0 Å². The highest BCUT2D eigenvalue weighted by Gasteiger charge is 2.30. The van der Waals surface area contributed by atoms with Gasteiger partial charge in [-0.05, 0) is 18.6 Å². The van der Waals surface area contributed by atoms with Gasteiger partial charge in [0.15, 0.2) is 0 Å². The maximum absolute atomic E-state index is 12.6. The molecule has 1 aromatic heterocycles. The zero-order valence-electron chi connectivity index (χ0n) is 15.5. The zero-order valence-corrected chi connectivity index (χ0v) is 16.4. The summed E-state index contributed by atoms with van der Waals surface area (Å²) in [6.45, 7) is 4.64. The normalized spacial score (nSPS) is 11.3. The summed E-state index contributed by atoms with van der Waals surface area (Å²) >= 11 is 1.07. The van der Waals surface area contributed by atoms with Crippen LogP contribution in [0.3, 0.4) is 0 Å². The van der Waals surface area contributed by atoms with Gasteiger partial charge in [0.2, 0.25) is 16.9 Å². The first-order valence-electron chi connectivity index (χ1n) is 8.83. The third-order valence-electron chi connectivity index (χ3n) is 3.89. The van der Waals surface area contributed by atoms with Gasteiger partial charge >= 0.3 is 6.18 Å². The van der Waals surface area contributed by atoms with Crippen molar-refractivity contribution >= 4 is 28.3 Å². The van der Waals surface area contributed by atoms with E-state index in [4.69, 9.17) is 0 Å². The fourth-order valence-corrected chi connectivity index (χ4v) is 3.23. The van der Waals surface area contributed by atoms with Crippen molar-refractivity contribution in [3.8, 4) is 10.6 Å². The van der Waals surface area contributed by atoms with Crippen LogP contribution in [0.25, 0.3) is 10.6 Å². The second-order valence-corrected chi connectivity index (χ2v) is 7.00. The molecule has 2 amide bonds. The molecule has 0 saturated carbocycles. The Hall–Kier alpha value is -2.49. The molecule has 0 saturated heterocycles. The molecule has 152 valence electrons. The molecular weight excluding hydrogens is 393 g/mol. The molecule has 0 spiro atoms. The van der Waals surface area contributed by atoms with E-state index in [9.17, 15) is 22.8 Å². The first-order valence-corrected chi connectivity index (χ1v) is 9.65.